The lowest BCUT2D eigenvalue weighted by atomic mass is 10.1. The van der Waals surface area contributed by atoms with Crippen LogP contribution in [0.15, 0.2) is 33.5 Å². The fourth-order valence-electron chi connectivity index (χ4n) is 1.73. The maximum absolute atomic E-state index is 5.19. The minimum atomic E-state index is 0.240. The number of hydrogen-bond donors (Lipinski definition) is 1. The van der Waals surface area contributed by atoms with Gasteiger partial charge in [-0.15, -0.1) is 11.3 Å². The highest BCUT2D eigenvalue weighted by atomic mass is 79.9. The lowest BCUT2D eigenvalue weighted by molar-refractivity contribution is 0.550. The van der Waals surface area contributed by atoms with Gasteiger partial charge in [-0.3, -0.25) is 0 Å². The molecule has 0 aliphatic carbocycles. The van der Waals surface area contributed by atoms with E-state index in [2.05, 4.69) is 41.2 Å². The standard InChI is InChI=1S/C13H16BrNOS/c1-3-5-15-13(10-4-6-16-8-10)12-7-11(14)9(2)17-12/h4,6-8,13,15H,3,5H2,1-2H3. The molecule has 0 saturated carbocycles. The molecule has 0 bridgehead atoms. The van der Waals surface area contributed by atoms with E-state index >= 15 is 0 Å². The van der Waals surface area contributed by atoms with Crippen LogP contribution in [0.25, 0.3) is 0 Å². The predicted molar refractivity (Wildman–Crippen MR) is 75.6 cm³/mol. The molecule has 2 heterocycles. The van der Waals surface area contributed by atoms with Crippen molar-refractivity contribution < 1.29 is 4.42 Å². The third-order valence-corrected chi connectivity index (χ3v) is 4.84. The van der Waals surface area contributed by atoms with E-state index in [4.69, 9.17) is 4.42 Å². The van der Waals surface area contributed by atoms with E-state index in [1.165, 1.54) is 19.8 Å². The minimum Gasteiger partial charge on any atom is -0.472 e. The summed E-state index contributed by atoms with van der Waals surface area (Å²) < 4.78 is 6.37. The number of thiophene rings is 1. The highest BCUT2D eigenvalue weighted by Crippen LogP contribution is 2.33. The molecule has 0 aromatic carbocycles. The van der Waals surface area contributed by atoms with Crippen molar-refractivity contribution in [3.05, 3.63) is 44.4 Å². The molecule has 0 aliphatic rings. The Morgan fingerprint density at radius 1 is 1.53 bits per heavy atom. The van der Waals surface area contributed by atoms with Gasteiger partial charge >= 0.3 is 0 Å². The van der Waals surface area contributed by atoms with Crippen LogP contribution in [0.2, 0.25) is 0 Å². The summed E-state index contributed by atoms with van der Waals surface area (Å²) in [6, 6.07) is 4.46. The van der Waals surface area contributed by atoms with E-state index in [0.29, 0.717) is 0 Å². The number of furan rings is 1. The van der Waals surface area contributed by atoms with Crippen LogP contribution in [0.5, 0.6) is 0 Å². The topological polar surface area (TPSA) is 25.2 Å². The highest BCUT2D eigenvalue weighted by molar-refractivity contribution is 9.10. The summed E-state index contributed by atoms with van der Waals surface area (Å²) in [4.78, 5) is 2.64. The van der Waals surface area contributed by atoms with Gasteiger partial charge in [-0.2, -0.15) is 0 Å². The summed E-state index contributed by atoms with van der Waals surface area (Å²) in [6.07, 6.45) is 4.67. The molecule has 17 heavy (non-hydrogen) atoms. The Balaban J connectivity index is 2.26. The molecular formula is C13H16BrNOS. The van der Waals surface area contributed by atoms with E-state index in [1.807, 2.05) is 23.7 Å². The smallest absolute Gasteiger partial charge is 0.0954 e. The van der Waals surface area contributed by atoms with Crippen molar-refractivity contribution in [2.75, 3.05) is 6.54 Å². The highest BCUT2D eigenvalue weighted by Gasteiger charge is 2.17. The summed E-state index contributed by atoms with van der Waals surface area (Å²) in [5.74, 6) is 0. The molecule has 2 rings (SSSR count). The van der Waals surface area contributed by atoms with Gasteiger partial charge in [0.05, 0.1) is 18.6 Å². The second kappa shape index (κ2) is 5.85. The molecule has 92 valence electrons. The molecule has 0 amide bonds. The molecule has 0 saturated heterocycles. The van der Waals surface area contributed by atoms with Gasteiger partial charge in [0.1, 0.15) is 0 Å². The Labute approximate surface area is 114 Å². The van der Waals surface area contributed by atoms with Crippen LogP contribution in [0.4, 0.5) is 0 Å². The van der Waals surface area contributed by atoms with Crippen LogP contribution in [-0.2, 0) is 0 Å². The third-order valence-electron chi connectivity index (χ3n) is 2.64. The van der Waals surface area contributed by atoms with Gasteiger partial charge in [0.15, 0.2) is 0 Å². The normalized spacial score (nSPS) is 12.9. The maximum atomic E-state index is 5.19. The molecule has 0 fully saturated rings. The van der Waals surface area contributed by atoms with Crippen LogP contribution in [-0.4, -0.2) is 6.54 Å². The predicted octanol–water partition coefficient (Wildman–Crippen LogP) is 4.50. The van der Waals surface area contributed by atoms with Gasteiger partial charge < -0.3 is 9.73 Å². The molecule has 0 aliphatic heterocycles. The van der Waals surface area contributed by atoms with Gasteiger partial charge in [0, 0.05) is 19.8 Å². The summed E-state index contributed by atoms with van der Waals surface area (Å²) in [5, 5.41) is 3.56. The van der Waals surface area contributed by atoms with Crippen LogP contribution in [0.3, 0.4) is 0 Å². The van der Waals surface area contributed by atoms with Crippen molar-refractivity contribution in [3.63, 3.8) is 0 Å². The lowest BCUT2D eigenvalue weighted by Gasteiger charge is -2.15. The first-order valence-electron chi connectivity index (χ1n) is 5.73. The van der Waals surface area contributed by atoms with Crippen molar-refractivity contribution in [2.45, 2.75) is 26.3 Å². The van der Waals surface area contributed by atoms with Gasteiger partial charge in [-0.05, 0) is 48.0 Å². The van der Waals surface area contributed by atoms with E-state index in [1.54, 1.807) is 6.26 Å². The van der Waals surface area contributed by atoms with Crippen molar-refractivity contribution in [3.8, 4) is 0 Å². The summed E-state index contributed by atoms with van der Waals surface area (Å²) in [5.41, 5.74) is 1.19. The fourth-order valence-corrected chi connectivity index (χ4v) is 3.40. The molecule has 2 aromatic rings. The molecule has 1 N–H and O–H groups in total. The average molecular weight is 314 g/mol. The molecule has 1 unspecified atom stereocenters. The van der Waals surface area contributed by atoms with Gasteiger partial charge in [0.25, 0.3) is 0 Å². The molecular weight excluding hydrogens is 298 g/mol. The molecule has 2 nitrogen and oxygen atoms in total. The van der Waals surface area contributed by atoms with Crippen LogP contribution in [0, 0.1) is 6.92 Å². The Morgan fingerprint density at radius 3 is 2.88 bits per heavy atom. The molecule has 1 atom stereocenters. The first-order chi connectivity index (χ1) is 8.22. The van der Waals surface area contributed by atoms with Crippen molar-refractivity contribution in [1.82, 2.24) is 5.32 Å². The van der Waals surface area contributed by atoms with Gasteiger partial charge in [-0.25, -0.2) is 0 Å². The summed E-state index contributed by atoms with van der Waals surface area (Å²) in [7, 11) is 0. The Bertz CT molecular complexity index is 444. The largest absolute Gasteiger partial charge is 0.472 e. The van der Waals surface area contributed by atoms with Crippen molar-refractivity contribution >= 4 is 27.3 Å². The number of halogens is 1. The zero-order valence-electron chi connectivity index (χ0n) is 10.00. The maximum Gasteiger partial charge on any atom is 0.0954 e. The third kappa shape index (κ3) is 3.00. The minimum absolute atomic E-state index is 0.240. The van der Waals surface area contributed by atoms with Gasteiger partial charge in [-0.1, -0.05) is 6.92 Å². The first-order valence-corrected chi connectivity index (χ1v) is 7.34. The lowest BCUT2D eigenvalue weighted by Crippen LogP contribution is -2.21. The first kappa shape index (κ1) is 12.9. The monoisotopic (exact) mass is 313 g/mol. The second-order valence-electron chi connectivity index (χ2n) is 4.00. The average Bonchev–Trinajstić information content (AvgIpc) is 2.92. The van der Waals surface area contributed by atoms with Crippen LogP contribution in [0.1, 0.15) is 34.7 Å². The molecule has 0 spiro atoms. The van der Waals surface area contributed by atoms with Crippen molar-refractivity contribution in [1.29, 1.82) is 0 Å². The number of nitrogens with one attached hydrogen (secondary N) is 1. The zero-order chi connectivity index (χ0) is 12.3. The number of rotatable bonds is 5. The quantitative estimate of drug-likeness (QED) is 0.879. The van der Waals surface area contributed by atoms with E-state index in [-0.39, 0.29) is 6.04 Å². The van der Waals surface area contributed by atoms with Crippen molar-refractivity contribution in [2.24, 2.45) is 0 Å². The Kier molecular flexibility index (Phi) is 4.42. The SMILES string of the molecule is CCCNC(c1ccoc1)c1cc(Br)c(C)s1. The fraction of sp³-hybridized carbons (Fsp3) is 0.385. The van der Waals surface area contributed by atoms with Crippen LogP contribution < -0.4 is 5.32 Å². The number of aryl methyl sites for hydroxylation is 1. The summed E-state index contributed by atoms with van der Waals surface area (Å²) in [6.45, 7) is 5.31. The zero-order valence-corrected chi connectivity index (χ0v) is 12.4. The van der Waals surface area contributed by atoms with Crippen LogP contribution >= 0.6 is 27.3 Å². The Morgan fingerprint density at radius 2 is 2.35 bits per heavy atom. The summed E-state index contributed by atoms with van der Waals surface area (Å²) >= 11 is 5.40. The molecule has 0 radical (unpaired) electrons. The van der Waals surface area contributed by atoms with Gasteiger partial charge in [0.2, 0.25) is 0 Å². The van der Waals surface area contributed by atoms with E-state index in [0.717, 1.165) is 13.0 Å². The molecule has 4 heteroatoms. The van der Waals surface area contributed by atoms with E-state index in [9.17, 15) is 0 Å². The van der Waals surface area contributed by atoms with E-state index < -0.39 is 0 Å². The number of hydrogen-bond acceptors (Lipinski definition) is 3. The second-order valence-corrected chi connectivity index (χ2v) is 6.14. The molecule has 2 aromatic heterocycles. The Hall–Kier alpha value is -0.580.